The molecule has 2 unspecified atom stereocenters. The lowest BCUT2D eigenvalue weighted by atomic mass is 10.00. The summed E-state index contributed by atoms with van der Waals surface area (Å²) >= 11 is 0. The average Bonchev–Trinajstić information content (AvgIpc) is 3.16. The van der Waals surface area contributed by atoms with Gasteiger partial charge in [-0.2, -0.15) is 0 Å². The number of nitrogens with one attached hydrogen (secondary N) is 1. The number of aliphatic imine (C=N–C) groups is 1. The van der Waals surface area contributed by atoms with E-state index in [2.05, 4.69) is 16.9 Å². The van der Waals surface area contributed by atoms with Gasteiger partial charge in [-0.05, 0) is 52.4 Å². The average molecular weight is 526 g/mol. The summed E-state index contributed by atoms with van der Waals surface area (Å²) < 4.78 is 0. The summed E-state index contributed by atoms with van der Waals surface area (Å²) in [6.45, 7) is 9.60. The fourth-order valence-corrected chi connectivity index (χ4v) is 4.60. The number of aldehydes is 1. The standard InChI is InChI=1S/C19H30N6O.C9H13NO2/c1-19(2)16(20)14(17(21)22-3)11-25(19)18(26)23-15(12-24(4)5)13-9-7-6-8-10-13;1-2-9(12)10-5-3-4-8(6-10)7-11/h6-10,15H,11-12,20H2,1-5H3,(H2,21,22)(H,23,26);2,7-8H,1,3-6H2. The van der Waals surface area contributed by atoms with Crippen molar-refractivity contribution in [2.45, 2.75) is 38.3 Å². The number of rotatable bonds is 7. The zero-order chi connectivity index (χ0) is 28.5. The summed E-state index contributed by atoms with van der Waals surface area (Å²) in [7, 11) is 5.59. The van der Waals surface area contributed by atoms with E-state index in [1.807, 2.05) is 63.2 Å². The Balaban J connectivity index is 0.000000352. The molecule has 1 fully saturated rings. The van der Waals surface area contributed by atoms with Crippen LogP contribution < -0.4 is 16.8 Å². The van der Waals surface area contributed by atoms with Crippen LogP contribution in [0, 0.1) is 5.92 Å². The van der Waals surface area contributed by atoms with Crippen molar-refractivity contribution in [1.29, 1.82) is 0 Å². The first-order chi connectivity index (χ1) is 18.0. The van der Waals surface area contributed by atoms with Crippen LogP contribution in [0.3, 0.4) is 0 Å². The van der Waals surface area contributed by atoms with E-state index in [9.17, 15) is 14.4 Å². The van der Waals surface area contributed by atoms with E-state index >= 15 is 0 Å². The fraction of sp³-hybridized carbons (Fsp3) is 0.500. The van der Waals surface area contributed by atoms with E-state index in [1.165, 1.54) is 6.08 Å². The minimum absolute atomic E-state index is 0.0302. The van der Waals surface area contributed by atoms with Crippen molar-refractivity contribution in [3.05, 3.63) is 59.8 Å². The molecule has 10 nitrogen and oxygen atoms in total. The van der Waals surface area contributed by atoms with E-state index in [0.29, 0.717) is 31.2 Å². The maximum atomic E-state index is 13.1. The highest BCUT2D eigenvalue weighted by Gasteiger charge is 2.42. The smallest absolute Gasteiger partial charge is 0.318 e. The Labute approximate surface area is 226 Å². The molecule has 2 aliphatic heterocycles. The normalized spacial score (nSPS) is 19.9. The van der Waals surface area contributed by atoms with Gasteiger partial charge in [0.1, 0.15) is 12.1 Å². The number of urea groups is 1. The molecule has 208 valence electrons. The highest BCUT2D eigenvalue weighted by molar-refractivity contribution is 6.00. The first-order valence-corrected chi connectivity index (χ1v) is 12.8. The van der Waals surface area contributed by atoms with Gasteiger partial charge in [0.05, 0.1) is 18.1 Å². The van der Waals surface area contributed by atoms with E-state index in [0.717, 1.165) is 36.8 Å². The van der Waals surface area contributed by atoms with Crippen LogP contribution in [-0.4, -0.2) is 91.6 Å². The number of likely N-dealkylation sites (tertiary alicyclic amines) is 1. The van der Waals surface area contributed by atoms with Crippen molar-refractivity contribution in [2.24, 2.45) is 22.4 Å². The molecular weight excluding hydrogens is 482 g/mol. The fourth-order valence-electron chi connectivity index (χ4n) is 4.60. The van der Waals surface area contributed by atoms with Gasteiger partial charge < -0.3 is 36.3 Å². The second-order valence-corrected chi connectivity index (χ2v) is 10.3. The van der Waals surface area contributed by atoms with Crippen molar-refractivity contribution < 1.29 is 14.4 Å². The van der Waals surface area contributed by atoms with Crippen molar-refractivity contribution in [2.75, 3.05) is 47.3 Å². The van der Waals surface area contributed by atoms with E-state index in [-0.39, 0.29) is 23.9 Å². The Kier molecular flexibility index (Phi) is 11.1. The van der Waals surface area contributed by atoms with Gasteiger partial charge in [0, 0.05) is 43.9 Å². The quantitative estimate of drug-likeness (QED) is 0.215. The molecule has 5 N–H and O–H groups in total. The first-order valence-electron chi connectivity index (χ1n) is 12.8. The van der Waals surface area contributed by atoms with Crippen LogP contribution in [0.25, 0.3) is 0 Å². The number of likely N-dealkylation sites (N-methyl/N-ethyl adjacent to an activating group) is 1. The Hall–Kier alpha value is -3.66. The zero-order valence-corrected chi connectivity index (χ0v) is 23.3. The van der Waals surface area contributed by atoms with Crippen LogP contribution in [0.15, 0.2) is 59.2 Å². The van der Waals surface area contributed by atoms with Gasteiger partial charge in [-0.1, -0.05) is 36.9 Å². The lowest BCUT2D eigenvalue weighted by Gasteiger charge is -2.35. The van der Waals surface area contributed by atoms with Gasteiger partial charge in [0.25, 0.3) is 0 Å². The van der Waals surface area contributed by atoms with Gasteiger partial charge in [-0.3, -0.25) is 9.79 Å². The number of amides is 3. The van der Waals surface area contributed by atoms with Gasteiger partial charge in [-0.25, -0.2) is 4.79 Å². The largest absolute Gasteiger partial charge is 0.400 e. The predicted octanol–water partition coefficient (Wildman–Crippen LogP) is 1.90. The van der Waals surface area contributed by atoms with Crippen LogP contribution in [0.4, 0.5) is 4.79 Å². The molecule has 2 aliphatic rings. The van der Waals surface area contributed by atoms with E-state index in [4.69, 9.17) is 11.5 Å². The topological polar surface area (TPSA) is 137 Å². The van der Waals surface area contributed by atoms with Crippen LogP contribution in [0.5, 0.6) is 0 Å². The molecule has 10 heteroatoms. The number of carbonyl (C=O) groups is 3. The number of piperidine rings is 1. The Morgan fingerprint density at radius 1 is 1.29 bits per heavy atom. The number of hydrogen-bond donors (Lipinski definition) is 3. The lowest BCUT2D eigenvalue weighted by molar-refractivity contribution is -0.128. The maximum Gasteiger partial charge on any atom is 0.318 e. The van der Waals surface area contributed by atoms with Gasteiger partial charge in [-0.15, -0.1) is 0 Å². The van der Waals surface area contributed by atoms with Crippen LogP contribution in [0.1, 0.15) is 38.3 Å². The number of nitrogens with zero attached hydrogens (tertiary/aromatic N) is 4. The molecule has 2 atom stereocenters. The second-order valence-electron chi connectivity index (χ2n) is 10.3. The SMILES string of the molecule is C=CC(=O)N1CCCC(C=O)C1.CN=C(N)C1=C(N)C(C)(C)N(C(=O)NC(CN(C)C)c2ccccc2)C1. The molecule has 38 heavy (non-hydrogen) atoms. The van der Waals surface area contributed by atoms with E-state index < -0.39 is 5.54 Å². The molecule has 0 saturated carbocycles. The van der Waals surface area contributed by atoms with E-state index in [1.54, 1.807) is 16.8 Å². The lowest BCUT2D eigenvalue weighted by Crippen LogP contribution is -2.52. The van der Waals surface area contributed by atoms with Crippen molar-refractivity contribution >= 4 is 24.1 Å². The number of nitrogens with two attached hydrogens (primary N) is 2. The highest BCUT2D eigenvalue weighted by atomic mass is 16.2. The molecule has 2 heterocycles. The summed E-state index contributed by atoms with van der Waals surface area (Å²) in [5, 5.41) is 3.14. The van der Waals surface area contributed by atoms with Gasteiger partial charge >= 0.3 is 6.03 Å². The molecule has 1 aromatic carbocycles. The number of carbonyl (C=O) groups excluding carboxylic acids is 3. The minimum Gasteiger partial charge on any atom is -0.400 e. The number of hydrogen-bond acceptors (Lipinski definition) is 6. The number of amidine groups is 1. The second kappa shape index (κ2) is 13.8. The molecular formula is C28H43N7O3. The molecule has 0 aromatic heterocycles. The first kappa shape index (κ1) is 30.6. The molecule has 1 saturated heterocycles. The molecule has 1 aromatic rings. The summed E-state index contributed by atoms with van der Waals surface area (Å²) in [6.07, 6.45) is 4.06. The summed E-state index contributed by atoms with van der Waals surface area (Å²) in [5.74, 6) is 0.336. The third-order valence-electron chi connectivity index (χ3n) is 6.95. The monoisotopic (exact) mass is 525 g/mol. The van der Waals surface area contributed by atoms with Crippen LogP contribution in [0.2, 0.25) is 0 Å². The molecule has 0 bridgehead atoms. The third-order valence-corrected chi connectivity index (χ3v) is 6.95. The molecule has 0 spiro atoms. The summed E-state index contributed by atoms with van der Waals surface area (Å²) in [4.78, 5) is 44.1. The predicted molar refractivity (Wildman–Crippen MR) is 151 cm³/mol. The Bertz CT molecular complexity index is 1050. The highest BCUT2D eigenvalue weighted by Crippen LogP contribution is 2.31. The maximum absolute atomic E-state index is 13.1. The van der Waals surface area contributed by atoms with Gasteiger partial charge in [0.2, 0.25) is 5.91 Å². The van der Waals surface area contributed by atoms with Gasteiger partial charge in [0.15, 0.2) is 0 Å². The Morgan fingerprint density at radius 2 is 1.95 bits per heavy atom. The third kappa shape index (κ3) is 7.67. The zero-order valence-electron chi connectivity index (χ0n) is 23.3. The summed E-state index contributed by atoms with van der Waals surface area (Å²) in [5.41, 5.74) is 14.0. The number of benzene rings is 1. The Morgan fingerprint density at radius 3 is 2.50 bits per heavy atom. The molecule has 3 rings (SSSR count). The van der Waals surface area contributed by atoms with Crippen molar-refractivity contribution in [3.63, 3.8) is 0 Å². The van der Waals surface area contributed by atoms with Crippen LogP contribution in [-0.2, 0) is 9.59 Å². The molecule has 3 amide bonds. The summed E-state index contributed by atoms with van der Waals surface area (Å²) in [6, 6.07) is 9.64. The van der Waals surface area contributed by atoms with Crippen molar-refractivity contribution in [3.8, 4) is 0 Å². The molecule has 0 radical (unpaired) electrons. The van der Waals surface area contributed by atoms with Crippen molar-refractivity contribution in [1.82, 2.24) is 20.0 Å². The minimum atomic E-state index is -0.631. The van der Waals surface area contributed by atoms with Crippen LogP contribution >= 0.6 is 0 Å². The molecule has 0 aliphatic carbocycles.